The number of carbonyl (C=O) groups is 2. The number of carbonyl (C=O) groups excluding carboxylic acids is 2. The van der Waals surface area contributed by atoms with Crippen molar-refractivity contribution in [3.63, 3.8) is 0 Å². The summed E-state index contributed by atoms with van der Waals surface area (Å²) in [7, 11) is 0. The minimum atomic E-state index is -0.590. The zero-order valence-corrected chi connectivity index (χ0v) is 16.0. The van der Waals surface area contributed by atoms with Gasteiger partial charge in [0.05, 0.1) is 5.91 Å². The van der Waals surface area contributed by atoms with Crippen LogP contribution in [0.1, 0.15) is 33.6 Å². The maximum absolute atomic E-state index is 11.7. The molecule has 1 heterocycles. The molecule has 92 valence electrons. The molecule has 0 aromatic heterocycles. The van der Waals surface area contributed by atoms with E-state index in [9.17, 15) is 9.59 Å². The molecule has 1 atom stereocenters. The first kappa shape index (κ1) is 17.5. The van der Waals surface area contributed by atoms with E-state index < -0.39 is 17.6 Å². The molecule has 1 unspecified atom stereocenters. The largest absolute Gasteiger partial charge is 1.00 e. The summed E-state index contributed by atoms with van der Waals surface area (Å²) in [5, 5.41) is 0. The predicted molar refractivity (Wildman–Crippen MR) is 59.9 cm³/mol. The summed E-state index contributed by atoms with van der Waals surface area (Å²) in [4.78, 5) is 24.2. The first-order valence-corrected chi connectivity index (χ1v) is 5.53. The van der Waals surface area contributed by atoms with E-state index in [1.54, 1.807) is 0 Å². The van der Waals surface area contributed by atoms with Crippen LogP contribution in [0.25, 0.3) is 5.73 Å². The Labute approximate surface area is 151 Å². The van der Waals surface area contributed by atoms with Crippen LogP contribution in [0.5, 0.6) is 0 Å². The van der Waals surface area contributed by atoms with Crippen molar-refractivity contribution >= 4 is 12.0 Å². The standard InChI is InChI=1S/C11H20N2O3.Rb/c1-11(2,3)16-10(15)13-6-4-5-8(7-13)9(12)14;/h8H,4-7H2,1-3H3,(H2,12,14);/q;+1/p-1. The van der Waals surface area contributed by atoms with Gasteiger partial charge in [0.2, 0.25) is 0 Å². The molecular weight excluding hydrogens is 294 g/mol. The monoisotopic (exact) mass is 312 g/mol. The van der Waals surface area contributed by atoms with E-state index in [0.717, 1.165) is 6.42 Å². The Morgan fingerprint density at radius 3 is 2.41 bits per heavy atom. The summed E-state index contributed by atoms with van der Waals surface area (Å²) in [5.74, 6) is -0.936. The number of nitrogens with one attached hydrogen (secondary N) is 1. The summed E-state index contributed by atoms with van der Waals surface area (Å²) in [5.41, 5.74) is 6.55. The van der Waals surface area contributed by atoms with Crippen LogP contribution in [0.3, 0.4) is 0 Å². The van der Waals surface area contributed by atoms with Crippen LogP contribution in [-0.2, 0) is 9.53 Å². The quantitative estimate of drug-likeness (QED) is 0.637. The molecule has 17 heavy (non-hydrogen) atoms. The summed E-state index contributed by atoms with van der Waals surface area (Å²) in [6.45, 7) is 6.35. The molecule has 0 spiro atoms. The summed E-state index contributed by atoms with van der Waals surface area (Å²) in [6.07, 6.45) is 1.06. The number of hydrogen-bond donors (Lipinski definition) is 0. The van der Waals surface area contributed by atoms with Gasteiger partial charge >= 0.3 is 64.3 Å². The number of rotatable bonds is 1. The Hall–Kier alpha value is 0.545. The molecule has 6 heteroatoms. The first-order chi connectivity index (χ1) is 7.29. The Bertz CT molecular complexity index is 289. The molecule has 1 saturated heterocycles. The topological polar surface area (TPSA) is 70.4 Å². The van der Waals surface area contributed by atoms with Gasteiger partial charge in [0, 0.05) is 19.0 Å². The predicted octanol–water partition coefficient (Wildman–Crippen LogP) is -0.784. The van der Waals surface area contributed by atoms with Crippen molar-refractivity contribution in [1.29, 1.82) is 0 Å². The van der Waals surface area contributed by atoms with Crippen LogP contribution in [0, 0.1) is 5.92 Å². The minimum Gasteiger partial charge on any atom is -0.667 e. The fourth-order valence-electron chi connectivity index (χ4n) is 1.68. The van der Waals surface area contributed by atoms with Crippen molar-refractivity contribution in [1.82, 2.24) is 4.90 Å². The molecule has 0 bridgehead atoms. The average Bonchev–Trinajstić information content (AvgIpc) is 2.15. The normalized spacial score (nSPS) is 20.4. The molecule has 0 aliphatic carbocycles. The van der Waals surface area contributed by atoms with E-state index in [1.165, 1.54) is 4.90 Å². The smallest absolute Gasteiger partial charge is 0.667 e. The van der Waals surface area contributed by atoms with Gasteiger partial charge in [-0.3, -0.25) is 0 Å². The average molecular weight is 313 g/mol. The number of nitrogens with zero attached hydrogens (tertiary/aromatic N) is 1. The van der Waals surface area contributed by atoms with Crippen molar-refractivity contribution in [2.75, 3.05) is 13.1 Å². The maximum atomic E-state index is 11.7. The third kappa shape index (κ3) is 6.31. The third-order valence-corrected chi connectivity index (χ3v) is 2.44. The van der Waals surface area contributed by atoms with Gasteiger partial charge in [-0.2, -0.15) is 0 Å². The van der Waals surface area contributed by atoms with Gasteiger partial charge in [0.25, 0.3) is 0 Å². The molecule has 0 radical (unpaired) electrons. The van der Waals surface area contributed by atoms with Gasteiger partial charge in [-0.1, -0.05) is 0 Å². The molecule has 1 aliphatic heterocycles. The van der Waals surface area contributed by atoms with E-state index >= 15 is 0 Å². The second-order valence-corrected chi connectivity index (χ2v) is 5.13. The molecule has 0 saturated carbocycles. The van der Waals surface area contributed by atoms with E-state index in [2.05, 4.69) is 0 Å². The summed E-state index contributed by atoms with van der Waals surface area (Å²) < 4.78 is 5.22. The molecule has 5 nitrogen and oxygen atoms in total. The third-order valence-electron chi connectivity index (χ3n) is 2.44. The number of amides is 2. The Morgan fingerprint density at radius 2 is 1.94 bits per heavy atom. The summed E-state index contributed by atoms with van der Waals surface area (Å²) in [6, 6.07) is 0. The molecule has 1 aliphatic rings. The number of ether oxygens (including phenoxy) is 1. The van der Waals surface area contributed by atoms with Gasteiger partial charge in [-0.15, -0.1) is 0 Å². The number of likely N-dealkylation sites (tertiary alicyclic amines) is 1. The van der Waals surface area contributed by atoms with Crippen LogP contribution >= 0.6 is 0 Å². The Morgan fingerprint density at radius 1 is 1.35 bits per heavy atom. The molecular formula is C11H19N2O3Rb. The summed E-state index contributed by atoms with van der Waals surface area (Å²) >= 11 is 0. The van der Waals surface area contributed by atoms with Crippen LogP contribution in [-0.4, -0.2) is 35.6 Å². The van der Waals surface area contributed by atoms with Crippen molar-refractivity contribution in [2.24, 2.45) is 5.92 Å². The maximum Gasteiger partial charge on any atom is 1.00 e. The number of hydrogen-bond acceptors (Lipinski definition) is 3. The molecule has 2 amide bonds. The van der Waals surface area contributed by atoms with Crippen LogP contribution in [0.4, 0.5) is 4.79 Å². The SMILES string of the molecule is CC(C)(C)OC(=O)N1CCCC(C([NH-])=O)C1.[Rb+]. The Kier molecular flexibility index (Phi) is 7.44. The number of piperidine rings is 1. The fourth-order valence-corrected chi connectivity index (χ4v) is 1.68. The van der Waals surface area contributed by atoms with Crippen molar-refractivity contribution in [2.45, 2.75) is 39.2 Å². The van der Waals surface area contributed by atoms with E-state index in [4.69, 9.17) is 10.5 Å². The van der Waals surface area contributed by atoms with Gasteiger partial charge in [0.15, 0.2) is 0 Å². The van der Waals surface area contributed by atoms with E-state index in [0.29, 0.717) is 19.5 Å². The molecule has 1 fully saturated rings. The zero-order chi connectivity index (χ0) is 12.3. The van der Waals surface area contributed by atoms with E-state index in [1.807, 2.05) is 20.8 Å². The fraction of sp³-hybridized carbons (Fsp3) is 0.818. The molecule has 1 rings (SSSR count). The molecule has 0 aromatic carbocycles. The van der Waals surface area contributed by atoms with Gasteiger partial charge in [0.1, 0.15) is 5.60 Å². The second kappa shape index (κ2) is 7.21. The zero-order valence-electron chi connectivity index (χ0n) is 11.1. The van der Waals surface area contributed by atoms with Crippen LogP contribution < -0.4 is 58.2 Å². The van der Waals surface area contributed by atoms with Gasteiger partial charge in [-0.05, 0) is 33.6 Å². The van der Waals surface area contributed by atoms with Gasteiger partial charge in [-0.25, -0.2) is 4.79 Å². The van der Waals surface area contributed by atoms with Crippen molar-refractivity contribution < 1.29 is 72.5 Å². The van der Waals surface area contributed by atoms with Crippen molar-refractivity contribution in [3.05, 3.63) is 5.73 Å². The Balaban J connectivity index is 0.00000256. The van der Waals surface area contributed by atoms with E-state index in [-0.39, 0.29) is 64.1 Å². The first-order valence-electron chi connectivity index (χ1n) is 5.53. The van der Waals surface area contributed by atoms with Crippen LogP contribution in [0.15, 0.2) is 0 Å². The molecule has 1 N–H and O–H groups in total. The van der Waals surface area contributed by atoms with Crippen LogP contribution in [0.2, 0.25) is 0 Å². The second-order valence-electron chi connectivity index (χ2n) is 5.13. The minimum absolute atomic E-state index is 0. The van der Waals surface area contributed by atoms with Gasteiger partial charge < -0.3 is 20.2 Å². The van der Waals surface area contributed by atoms with Crippen molar-refractivity contribution in [3.8, 4) is 0 Å². The molecule has 0 aromatic rings.